The van der Waals surface area contributed by atoms with E-state index in [4.69, 9.17) is 56.9 Å². The molecule has 2 bridgehead atoms. The number of carbonyl (C=O) groups is 1. The number of hydrogen-bond acceptors (Lipinski definition) is 16. The third-order valence-corrected chi connectivity index (χ3v) is 11.3. The predicted molar refractivity (Wildman–Crippen MR) is 166 cm³/mol. The highest BCUT2D eigenvalue weighted by atomic mass is 32.5. The lowest BCUT2D eigenvalue weighted by Gasteiger charge is -2.27. The minimum Gasteiger partial charge on any atom is -0.397 e. The summed E-state index contributed by atoms with van der Waals surface area (Å²) < 4.78 is 54.1. The molecule has 0 aliphatic carbocycles. The van der Waals surface area contributed by atoms with Crippen molar-refractivity contribution in [3.8, 4) is 0 Å². The smallest absolute Gasteiger partial charge is 0.325 e. The van der Waals surface area contributed by atoms with Gasteiger partial charge in [-0.05, 0) is 29.7 Å². The summed E-state index contributed by atoms with van der Waals surface area (Å²) in [6.07, 6.45) is -8.21. The number of ether oxygens (including phenoxy) is 2. The molecule has 2 unspecified atom stereocenters. The molecule has 0 spiro atoms. The number of carbonyl (C=O) groups excluding carboxylic acids is 1. The lowest BCUT2D eigenvalue weighted by atomic mass is 10.1. The van der Waals surface area contributed by atoms with Crippen LogP contribution < -0.4 is 16.6 Å². The first-order chi connectivity index (χ1) is 22.8. The Morgan fingerprint density at radius 2 is 1.58 bits per heavy atom. The van der Waals surface area contributed by atoms with Crippen LogP contribution in [0.3, 0.4) is 0 Å². The van der Waals surface area contributed by atoms with Gasteiger partial charge in [-0.15, -0.1) is 0 Å². The average molecular weight is 748 g/mol. The summed E-state index contributed by atoms with van der Waals surface area (Å²) in [7, 11) is 0. The number of nitrogens with zero attached hydrogens (tertiary/aromatic N) is 7. The van der Waals surface area contributed by atoms with E-state index in [9.17, 15) is 24.5 Å². The number of aliphatic hydroxyl groups is 1. The third kappa shape index (κ3) is 5.39. The van der Waals surface area contributed by atoms with Gasteiger partial charge in [-0.2, -0.15) is 4.98 Å². The Bertz CT molecular complexity index is 2140. The van der Waals surface area contributed by atoms with Crippen LogP contribution in [-0.4, -0.2) is 104 Å². The largest absolute Gasteiger partial charge is 0.397 e. The van der Waals surface area contributed by atoms with Crippen molar-refractivity contribution in [1.82, 2.24) is 33.6 Å². The topological polar surface area (TPSA) is 255 Å². The van der Waals surface area contributed by atoms with Crippen molar-refractivity contribution in [2.75, 3.05) is 24.3 Å². The summed E-state index contributed by atoms with van der Waals surface area (Å²) >= 11 is 10.5. The number of nitrogens with one attached hydrogen (secondary N) is 1. The van der Waals surface area contributed by atoms with Crippen LogP contribution in [0.1, 0.15) is 12.5 Å². The Labute approximate surface area is 277 Å². The fourth-order valence-electron chi connectivity index (χ4n) is 5.95. The molecule has 20 nitrogen and oxygen atoms in total. The molecular formula is C23H24FN9O11P2S2. The van der Waals surface area contributed by atoms with E-state index in [1.165, 1.54) is 34.1 Å². The van der Waals surface area contributed by atoms with Gasteiger partial charge in [0, 0.05) is 6.20 Å². The van der Waals surface area contributed by atoms with Gasteiger partial charge in [-0.25, -0.2) is 19.3 Å². The molecule has 0 saturated carbocycles. The molecule has 256 valence electrons. The standard InChI is InChI=1S/C23H24FN9O11P2S2/c24-12-16-10(42-21(12)32-6-27-13-8(25)1-2-26-18(13)32)5-40-46(38,48)44-17-15(35)9(4-39-45(37,47)43-16)41-22(17)33-7-28-14-19(33)30-23-29-11(34)3-31(23)20(14)36/h1-2,6-7,9-10,12,15-17,21-22,35H,3-5H2,(H2,25,26)(H,37,47)(H,38,48)(H,29,30,34)/t9-,10-,12+,15-,16-,17-,21-,22-,45?,46?/m1/s1. The Morgan fingerprint density at radius 1 is 0.938 bits per heavy atom. The Kier molecular flexibility index (Phi) is 7.80. The number of rotatable bonds is 2. The van der Waals surface area contributed by atoms with Crippen LogP contribution in [0.4, 0.5) is 16.0 Å². The lowest BCUT2D eigenvalue weighted by molar-refractivity contribution is -0.115. The number of aliphatic hydroxyl groups excluding tert-OH is 1. The number of nitrogen functional groups attached to an aromatic ring is 1. The first-order valence-corrected chi connectivity index (χ1v) is 19.3. The van der Waals surface area contributed by atoms with E-state index in [1.807, 2.05) is 0 Å². The van der Waals surface area contributed by atoms with Gasteiger partial charge in [0.05, 0.1) is 31.6 Å². The zero-order valence-electron chi connectivity index (χ0n) is 24.0. The zero-order chi connectivity index (χ0) is 33.7. The second-order valence-electron chi connectivity index (χ2n) is 11.2. The molecule has 1 amide bonds. The van der Waals surface area contributed by atoms with Crippen molar-refractivity contribution in [2.45, 2.75) is 55.7 Å². The molecule has 8 heterocycles. The number of pyridine rings is 1. The Hall–Kier alpha value is -2.89. The first kappa shape index (κ1) is 32.3. The van der Waals surface area contributed by atoms with Crippen LogP contribution in [0.2, 0.25) is 0 Å². The Morgan fingerprint density at radius 3 is 2.33 bits per heavy atom. The summed E-state index contributed by atoms with van der Waals surface area (Å²) in [6.45, 7) is -10.0. The molecule has 6 N–H and O–H groups in total. The van der Waals surface area contributed by atoms with Crippen LogP contribution in [0.15, 0.2) is 29.7 Å². The van der Waals surface area contributed by atoms with Crippen molar-refractivity contribution in [3.63, 3.8) is 0 Å². The molecule has 4 aliphatic heterocycles. The van der Waals surface area contributed by atoms with E-state index in [0.717, 1.165) is 4.57 Å². The fraction of sp³-hybridized carbons (Fsp3) is 0.478. The number of anilines is 2. The summed E-state index contributed by atoms with van der Waals surface area (Å²) in [5.41, 5.74) is 5.99. The van der Waals surface area contributed by atoms with Crippen molar-refractivity contribution >= 4 is 76.9 Å². The highest BCUT2D eigenvalue weighted by Crippen LogP contribution is 2.54. The van der Waals surface area contributed by atoms with Crippen LogP contribution in [0, 0.1) is 0 Å². The normalized spacial score (nSPS) is 37.1. The summed E-state index contributed by atoms with van der Waals surface area (Å²) in [6, 6.07) is 1.53. The van der Waals surface area contributed by atoms with Crippen LogP contribution in [-0.2, 0) is 62.5 Å². The summed E-state index contributed by atoms with van der Waals surface area (Å²) in [4.78, 5) is 63.9. The number of amides is 1. The number of fused-ring (bicyclic) bond motifs is 6. The molecule has 25 heteroatoms. The van der Waals surface area contributed by atoms with E-state index < -0.39 is 87.3 Å². The average Bonchev–Trinajstić information content (AvgIpc) is 3.84. The first-order valence-electron chi connectivity index (χ1n) is 14.1. The summed E-state index contributed by atoms with van der Waals surface area (Å²) in [5.74, 6) is -0.491. The van der Waals surface area contributed by atoms with E-state index in [2.05, 4.69) is 25.3 Å². The highest BCUT2D eigenvalue weighted by Gasteiger charge is 2.53. The second-order valence-corrected chi connectivity index (χ2v) is 16.7. The molecule has 8 rings (SSSR count). The maximum Gasteiger partial charge on any atom is 0.325 e. The molecule has 0 radical (unpaired) electrons. The number of aromatic nitrogens is 7. The number of imidazole rings is 2. The van der Waals surface area contributed by atoms with Gasteiger partial charge >= 0.3 is 13.4 Å². The van der Waals surface area contributed by atoms with Gasteiger partial charge in [-0.1, -0.05) is 0 Å². The van der Waals surface area contributed by atoms with Gasteiger partial charge in [0.2, 0.25) is 11.9 Å². The van der Waals surface area contributed by atoms with E-state index in [1.54, 1.807) is 0 Å². The van der Waals surface area contributed by atoms with E-state index >= 15 is 4.39 Å². The molecule has 3 saturated heterocycles. The molecular weight excluding hydrogens is 723 g/mol. The number of nitrogens with two attached hydrogens (primary N) is 1. The molecule has 4 aliphatic rings. The predicted octanol–water partition coefficient (Wildman–Crippen LogP) is -0.683. The van der Waals surface area contributed by atoms with Gasteiger partial charge < -0.3 is 39.1 Å². The minimum atomic E-state index is -4.30. The van der Waals surface area contributed by atoms with Gasteiger partial charge in [-0.3, -0.25) is 37.7 Å². The van der Waals surface area contributed by atoms with Gasteiger partial charge in [0.1, 0.15) is 42.6 Å². The van der Waals surface area contributed by atoms with Crippen LogP contribution in [0.25, 0.3) is 22.3 Å². The van der Waals surface area contributed by atoms with Gasteiger partial charge in [0.25, 0.3) is 5.56 Å². The van der Waals surface area contributed by atoms with Crippen LogP contribution >= 0.6 is 13.4 Å². The van der Waals surface area contributed by atoms with E-state index in [0.29, 0.717) is 11.2 Å². The van der Waals surface area contributed by atoms with Crippen molar-refractivity contribution < 1.29 is 51.6 Å². The van der Waals surface area contributed by atoms with E-state index in [-0.39, 0.29) is 29.3 Å². The molecule has 48 heavy (non-hydrogen) atoms. The molecule has 4 aromatic rings. The third-order valence-electron chi connectivity index (χ3n) is 8.17. The monoisotopic (exact) mass is 747 g/mol. The number of hydrogen-bond donors (Lipinski definition) is 5. The molecule has 0 aromatic carbocycles. The molecule has 10 atom stereocenters. The second kappa shape index (κ2) is 11.6. The van der Waals surface area contributed by atoms with Crippen molar-refractivity contribution in [2.24, 2.45) is 0 Å². The number of alkyl halides is 1. The fourth-order valence-corrected chi connectivity index (χ4v) is 8.80. The highest BCUT2D eigenvalue weighted by molar-refractivity contribution is 8.07. The minimum absolute atomic E-state index is 0.0375. The Balaban J connectivity index is 1.11. The van der Waals surface area contributed by atoms with Crippen LogP contribution in [0.5, 0.6) is 0 Å². The number of halogens is 1. The lowest BCUT2D eigenvalue weighted by Crippen LogP contribution is -2.35. The van der Waals surface area contributed by atoms with Crippen molar-refractivity contribution in [1.29, 1.82) is 0 Å². The quantitative estimate of drug-likeness (QED) is 0.159. The molecule has 4 aromatic heterocycles. The maximum atomic E-state index is 16.1. The molecule has 3 fully saturated rings. The maximum absolute atomic E-state index is 16.1. The zero-order valence-corrected chi connectivity index (χ0v) is 27.4. The summed E-state index contributed by atoms with van der Waals surface area (Å²) in [5, 5.41) is 13.7. The SMILES string of the molecule is Nc1ccnc2c1ncn2[C@@H]1O[C@@H]2COP(O)(=S)O[C@@H]3[C@H](O)[C@@H](COP(O)(=S)O[C@H]2[C@@H]1F)O[C@H]3n1cnc2c(=O)n3c(nc21)NC(=O)C3. The van der Waals surface area contributed by atoms with Gasteiger partial charge in [0.15, 0.2) is 35.4 Å². The van der Waals surface area contributed by atoms with Crippen molar-refractivity contribution in [3.05, 3.63) is 35.3 Å².